The molecule has 1 heterocycles. The molecule has 0 aromatic heterocycles. The molecule has 1 saturated heterocycles. The van der Waals surface area contributed by atoms with E-state index in [1.165, 1.54) is 0 Å². The number of likely N-dealkylation sites (tertiary alicyclic amines) is 1. The lowest BCUT2D eigenvalue weighted by atomic mass is 9.97. The average molecular weight is 299 g/mol. The van der Waals surface area contributed by atoms with Crippen molar-refractivity contribution in [3.8, 4) is 0 Å². The zero-order valence-electron chi connectivity index (χ0n) is 13.5. The largest absolute Gasteiger partial charge is 0.481 e. The van der Waals surface area contributed by atoms with Crippen LogP contribution in [0.1, 0.15) is 33.1 Å². The SMILES string of the molecule is CCC(C)N(C)CCNCC(=O)N1CCC(C(=O)O)CC1. The van der Waals surface area contributed by atoms with E-state index in [-0.39, 0.29) is 11.8 Å². The van der Waals surface area contributed by atoms with Gasteiger partial charge in [-0.05, 0) is 33.2 Å². The number of likely N-dealkylation sites (N-methyl/N-ethyl adjacent to an activating group) is 1. The zero-order valence-corrected chi connectivity index (χ0v) is 13.5. The number of rotatable bonds is 8. The molecule has 0 bridgehead atoms. The fourth-order valence-electron chi connectivity index (χ4n) is 2.47. The summed E-state index contributed by atoms with van der Waals surface area (Å²) in [5.74, 6) is -0.954. The molecule has 21 heavy (non-hydrogen) atoms. The van der Waals surface area contributed by atoms with Gasteiger partial charge in [0.2, 0.25) is 5.91 Å². The van der Waals surface area contributed by atoms with Gasteiger partial charge in [-0.25, -0.2) is 0 Å². The Balaban J connectivity index is 2.16. The smallest absolute Gasteiger partial charge is 0.306 e. The zero-order chi connectivity index (χ0) is 15.8. The summed E-state index contributed by atoms with van der Waals surface area (Å²) in [6, 6.07) is 0.553. The van der Waals surface area contributed by atoms with Gasteiger partial charge in [-0.1, -0.05) is 6.92 Å². The first-order chi connectivity index (χ1) is 9.95. The maximum atomic E-state index is 12.0. The summed E-state index contributed by atoms with van der Waals surface area (Å²) in [4.78, 5) is 26.9. The molecule has 1 rings (SSSR count). The van der Waals surface area contributed by atoms with E-state index in [4.69, 9.17) is 5.11 Å². The Hall–Kier alpha value is -1.14. The minimum Gasteiger partial charge on any atom is -0.481 e. The normalized spacial score (nSPS) is 18.0. The number of carbonyl (C=O) groups excluding carboxylic acids is 1. The monoisotopic (exact) mass is 299 g/mol. The van der Waals surface area contributed by atoms with Crippen molar-refractivity contribution in [1.82, 2.24) is 15.1 Å². The maximum absolute atomic E-state index is 12.0. The van der Waals surface area contributed by atoms with Crippen molar-refractivity contribution >= 4 is 11.9 Å². The predicted molar refractivity (Wildman–Crippen MR) is 82.2 cm³/mol. The van der Waals surface area contributed by atoms with Crippen LogP contribution >= 0.6 is 0 Å². The first-order valence-corrected chi connectivity index (χ1v) is 7.87. The minimum atomic E-state index is -0.742. The molecular formula is C15H29N3O3. The van der Waals surface area contributed by atoms with Crippen molar-refractivity contribution in [3.63, 3.8) is 0 Å². The van der Waals surface area contributed by atoms with Gasteiger partial charge < -0.3 is 20.2 Å². The van der Waals surface area contributed by atoms with Gasteiger partial charge in [-0.3, -0.25) is 9.59 Å². The number of amides is 1. The van der Waals surface area contributed by atoms with Crippen LogP contribution in [0.3, 0.4) is 0 Å². The lowest BCUT2D eigenvalue weighted by Gasteiger charge is -2.30. The summed E-state index contributed by atoms with van der Waals surface area (Å²) in [5.41, 5.74) is 0. The van der Waals surface area contributed by atoms with Crippen LogP contribution in [0.5, 0.6) is 0 Å². The van der Waals surface area contributed by atoms with Gasteiger partial charge in [0.15, 0.2) is 0 Å². The topological polar surface area (TPSA) is 72.9 Å². The number of hydrogen-bond acceptors (Lipinski definition) is 4. The molecule has 0 saturated carbocycles. The summed E-state index contributed by atoms with van der Waals surface area (Å²) in [7, 11) is 2.09. The van der Waals surface area contributed by atoms with Gasteiger partial charge in [0.05, 0.1) is 12.5 Å². The molecule has 2 N–H and O–H groups in total. The van der Waals surface area contributed by atoms with Gasteiger partial charge >= 0.3 is 5.97 Å². The van der Waals surface area contributed by atoms with Crippen LogP contribution in [0.4, 0.5) is 0 Å². The van der Waals surface area contributed by atoms with Crippen molar-refractivity contribution in [1.29, 1.82) is 0 Å². The molecule has 0 aromatic rings. The highest BCUT2D eigenvalue weighted by molar-refractivity contribution is 5.78. The highest BCUT2D eigenvalue weighted by Gasteiger charge is 2.26. The van der Waals surface area contributed by atoms with Crippen molar-refractivity contribution in [2.45, 2.75) is 39.2 Å². The van der Waals surface area contributed by atoms with E-state index < -0.39 is 5.97 Å². The Morgan fingerprint density at radius 3 is 2.52 bits per heavy atom. The van der Waals surface area contributed by atoms with Crippen molar-refractivity contribution < 1.29 is 14.7 Å². The van der Waals surface area contributed by atoms with Crippen LogP contribution < -0.4 is 5.32 Å². The van der Waals surface area contributed by atoms with Gasteiger partial charge in [-0.15, -0.1) is 0 Å². The maximum Gasteiger partial charge on any atom is 0.306 e. The summed E-state index contributed by atoms with van der Waals surface area (Å²) in [6.07, 6.45) is 2.25. The van der Waals surface area contributed by atoms with Crippen LogP contribution in [-0.4, -0.2) is 72.6 Å². The van der Waals surface area contributed by atoms with Crippen LogP contribution in [-0.2, 0) is 9.59 Å². The number of nitrogens with one attached hydrogen (secondary N) is 1. The summed E-state index contributed by atoms with van der Waals surface area (Å²) >= 11 is 0. The minimum absolute atomic E-state index is 0.0741. The number of carboxylic acids is 1. The third-order valence-corrected chi connectivity index (χ3v) is 4.46. The number of piperidine rings is 1. The Labute approximate surface area is 127 Å². The second-order valence-electron chi connectivity index (χ2n) is 5.91. The first kappa shape index (κ1) is 17.9. The molecule has 0 aromatic carbocycles. The summed E-state index contributed by atoms with van der Waals surface area (Å²) in [6.45, 7) is 7.53. The molecule has 6 nitrogen and oxygen atoms in total. The van der Waals surface area contributed by atoms with Gasteiger partial charge in [0.25, 0.3) is 0 Å². The Morgan fingerprint density at radius 2 is 2.00 bits per heavy atom. The van der Waals surface area contributed by atoms with Gasteiger partial charge in [0.1, 0.15) is 0 Å². The number of hydrogen-bond donors (Lipinski definition) is 2. The number of aliphatic carboxylic acids is 1. The molecule has 1 amide bonds. The molecule has 0 aliphatic carbocycles. The van der Waals surface area contributed by atoms with E-state index in [0.29, 0.717) is 38.5 Å². The second-order valence-corrected chi connectivity index (χ2v) is 5.91. The van der Waals surface area contributed by atoms with Gasteiger partial charge in [0, 0.05) is 32.2 Å². The molecule has 1 aliphatic heterocycles. The first-order valence-electron chi connectivity index (χ1n) is 7.87. The molecule has 6 heteroatoms. The Morgan fingerprint density at radius 1 is 1.38 bits per heavy atom. The quantitative estimate of drug-likeness (QED) is 0.643. The van der Waals surface area contributed by atoms with Crippen molar-refractivity contribution in [2.75, 3.05) is 39.8 Å². The highest BCUT2D eigenvalue weighted by Crippen LogP contribution is 2.17. The van der Waals surface area contributed by atoms with Crippen molar-refractivity contribution in [3.05, 3.63) is 0 Å². The van der Waals surface area contributed by atoms with E-state index in [2.05, 4.69) is 31.1 Å². The lowest BCUT2D eigenvalue weighted by molar-refractivity contribution is -0.145. The molecular weight excluding hydrogens is 270 g/mol. The van der Waals surface area contributed by atoms with Crippen LogP contribution in [0, 0.1) is 5.92 Å². The summed E-state index contributed by atoms with van der Waals surface area (Å²) < 4.78 is 0. The fraction of sp³-hybridized carbons (Fsp3) is 0.867. The molecule has 1 aliphatic rings. The molecule has 1 atom stereocenters. The number of nitrogens with zero attached hydrogens (tertiary/aromatic N) is 2. The molecule has 0 radical (unpaired) electrons. The predicted octanol–water partition coefficient (Wildman–Crippen LogP) is 0.630. The Bertz CT molecular complexity index is 341. The third-order valence-electron chi connectivity index (χ3n) is 4.46. The lowest BCUT2D eigenvalue weighted by Crippen LogP contribution is -2.45. The number of carboxylic acid groups (broad SMARTS) is 1. The molecule has 0 spiro atoms. The standard InChI is InChI=1S/C15H29N3O3/c1-4-12(2)17(3)10-7-16-11-14(19)18-8-5-13(6-9-18)15(20)21/h12-13,16H,4-11H2,1-3H3,(H,20,21). The van der Waals surface area contributed by atoms with E-state index >= 15 is 0 Å². The molecule has 1 fully saturated rings. The van der Waals surface area contributed by atoms with Crippen molar-refractivity contribution in [2.24, 2.45) is 5.92 Å². The van der Waals surface area contributed by atoms with Crippen LogP contribution in [0.2, 0.25) is 0 Å². The third kappa shape index (κ3) is 6.01. The van der Waals surface area contributed by atoms with Gasteiger partial charge in [-0.2, -0.15) is 0 Å². The fourth-order valence-corrected chi connectivity index (χ4v) is 2.47. The summed E-state index contributed by atoms with van der Waals surface area (Å²) in [5, 5.41) is 12.1. The molecule has 122 valence electrons. The van der Waals surface area contributed by atoms with E-state index in [0.717, 1.165) is 19.5 Å². The van der Waals surface area contributed by atoms with E-state index in [9.17, 15) is 9.59 Å². The highest BCUT2D eigenvalue weighted by atomic mass is 16.4. The second kappa shape index (κ2) is 9.00. The molecule has 1 unspecified atom stereocenters. The van der Waals surface area contributed by atoms with Crippen LogP contribution in [0.15, 0.2) is 0 Å². The number of carbonyl (C=O) groups is 2. The average Bonchev–Trinajstić information content (AvgIpc) is 2.50. The Kier molecular flexibility index (Phi) is 7.67. The van der Waals surface area contributed by atoms with E-state index in [1.807, 2.05) is 0 Å². The van der Waals surface area contributed by atoms with Crippen LogP contribution in [0.25, 0.3) is 0 Å². The van der Waals surface area contributed by atoms with E-state index in [1.54, 1.807) is 4.90 Å².